The average Bonchev–Trinajstić information content (AvgIpc) is 2.27. The summed E-state index contributed by atoms with van der Waals surface area (Å²) in [6.07, 6.45) is 2.17. The first-order valence-electron chi connectivity index (χ1n) is 6.08. The van der Waals surface area contributed by atoms with Crippen molar-refractivity contribution in [1.82, 2.24) is 5.32 Å². The van der Waals surface area contributed by atoms with Gasteiger partial charge in [-0.05, 0) is 39.5 Å². The summed E-state index contributed by atoms with van der Waals surface area (Å²) in [5, 5.41) is 2.99. The molecule has 1 rings (SSSR count). The number of hydrogen-bond acceptors (Lipinski definition) is 3. The van der Waals surface area contributed by atoms with Crippen LogP contribution < -0.4 is 5.32 Å². The molecule has 1 saturated heterocycles. The second kappa shape index (κ2) is 6.86. The third-order valence-corrected chi connectivity index (χ3v) is 2.91. The largest absolute Gasteiger partial charge is 0.381 e. The van der Waals surface area contributed by atoms with Crippen LogP contribution in [0.2, 0.25) is 0 Å². The SMILES string of the molecule is CC(C)OCC(=O)NC(C)C1CCOCC1. The molecule has 0 saturated carbocycles. The Bertz CT molecular complexity index is 212. The summed E-state index contributed by atoms with van der Waals surface area (Å²) < 4.78 is 10.6. The van der Waals surface area contributed by atoms with Crippen molar-refractivity contribution in [2.75, 3.05) is 19.8 Å². The standard InChI is InChI=1S/C12H23NO3/c1-9(2)16-8-12(14)13-10(3)11-4-6-15-7-5-11/h9-11H,4-8H2,1-3H3,(H,13,14). The molecule has 0 aromatic heterocycles. The van der Waals surface area contributed by atoms with Crippen molar-refractivity contribution in [2.45, 2.75) is 45.8 Å². The van der Waals surface area contributed by atoms with Gasteiger partial charge in [-0.25, -0.2) is 0 Å². The van der Waals surface area contributed by atoms with Crippen molar-refractivity contribution in [3.8, 4) is 0 Å². The van der Waals surface area contributed by atoms with Crippen LogP contribution in [0.1, 0.15) is 33.6 Å². The zero-order valence-electron chi connectivity index (χ0n) is 10.5. The van der Waals surface area contributed by atoms with Gasteiger partial charge in [0.15, 0.2) is 0 Å². The maximum atomic E-state index is 11.5. The molecule has 4 nitrogen and oxygen atoms in total. The first-order valence-corrected chi connectivity index (χ1v) is 6.08. The first-order chi connectivity index (χ1) is 7.59. The zero-order valence-corrected chi connectivity index (χ0v) is 10.5. The Morgan fingerprint density at radius 1 is 1.38 bits per heavy atom. The molecule has 0 aromatic carbocycles. The number of nitrogens with one attached hydrogen (secondary N) is 1. The number of carbonyl (C=O) groups is 1. The summed E-state index contributed by atoms with van der Waals surface area (Å²) in [6.45, 7) is 7.69. The number of carbonyl (C=O) groups excluding carboxylic acids is 1. The lowest BCUT2D eigenvalue weighted by Gasteiger charge is -2.28. The monoisotopic (exact) mass is 229 g/mol. The highest BCUT2D eigenvalue weighted by Gasteiger charge is 2.21. The summed E-state index contributed by atoms with van der Waals surface area (Å²) in [7, 11) is 0. The topological polar surface area (TPSA) is 47.6 Å². The highest BCUT2D eigenvalue weighted by molar-refractivity contribution is 5.77. The van der Waals surface area contributed by atoms with Gasteiger partial charge in [-0.2, -0.15) is 0 Å². The van der Waals surface area contributed by atoms with E-state index >= 15 is 0 Å². The van der Waals surface area contributed by atoms with E-state index in [-0.39, 0.29) is 24.7 Å². The lowest BCUT2D eigenvalue weighted by molar-refractivity contribution is -0.128. The highest BCUT2D eigenvalue weighted by Crippen LogP contribution is 2.18. The molecule has 0 bridgehead atoms. The normalized spacial score (nSPS) is 19.8. The minimum absolute atomic E-state index is 0.0207. The van der Waals surface area contributed by atoms with Crippen molar-refractivity contribution in [3.05, 3.63) is 0 Å². The number of rotatable bonds is 5. The second-order valence-electron chi connectivity index (χ2n) is 4.67. The van der Waals surface area contributed by atoms with Gasteiger partial charge in [0.1, 0.15) is 6.61 Å². The summed E-state index contributed by atoms with van der Waals surface area (Å²) in [5.41, 5.74) is 0. The third-order valence-electron chi connectivity index (χ3n) is 2.91. The number of hydrogen-bond donors (Lipinski definition) is 1. The molecule has 1 aliphatic rings. The molecule has 0 aliphatic carbocycles. The summed E-state index contributed by atoms with van der Waals surface area (Å²) >= 11 is 0. The predicted molar refractivity (Wildman–Crippen MR) is 62.2 cm³/mol. The van der Waals surface area contributed by atoms with Gasteiger partial charge in [0, 0.05) is 19.3 Å². The minimum atomic E-state index is -0.0207. The lowest BCUT2D eigenvalue weighted by atomic mass is 9.93. The van der Waals surface area contributed by atoms with Crippen LogP contribution in [0.5, 0.6) is 0 Å². The Balaban J connectivity index is 2.21. The van der Waals surface area contributed by atoms with Crippen molar-refractivity contribution in [2.24, 2.45) is 5.92 Å². The average molecular weight is 229 g/mol. The van der Waals surface area contributed by atoms with E-state index in [0.717, 1.165) is 26.1 Å². The van der Waals surface area contributed by atoms with Gasteiger partial charge in [0.05, 0.1) is 6.10 Å². The molecule has 4 heteroatoms. The van der Waals surface area contributed by atoms with E-state index in [9.17, 15) is 4.79 Å². The smallest absolute Gasteiger partial charge is 0.246 e. The van der Waals surface area contributed by atoms with Crippen LogP contribution in [0.25, 0.3) is 0 Å². The first kappa shape index (κ1) is 13.5. The van der Waals surface area contributed by atoms with Crippen molar-refractivity contribution in [1.29, 1.82) is 0 Å². The summed E-state index contributed by atoms with van der Waals surface area (Å²) in [5.74, 6) is 0.518. The Hall–Kier alpha value is -0.610. The zero-order chi connectivity index (χ0) is 12.0. The van der Waals surface area contributed by atoms with E-state index in [2.05, 4.69) is 12.2 Å². The van der Waals surface area contributed by atoms with E-state index in [0.29, 0.717) is 5.92 Å². The number of amides is 1. The molecule has 16 heavy (non-hydrogen) atoms. The lowest BCUT2D eigenvalue weighted by Crippen LogP contribution is -2.42. The third kappa shape index (κ3) is 4.94. The minimum Gasteiger partial charge on any atom is -0.381 e. The molecule has 1 unspecified atom stereocenters. The highest BCUT2D eigenvalue weighted by atomic mass is 16.5. The van der Waals surface area contributed by atoms with Crippen LogP contribution in [0.15, 0.2) is 0 Å². The van der Waals surface area contributed by atoms with Gasteiger partial charge in [0.2, 0.25) is 5.91 Å². The summed E-state index contributed by atoms with van der Waals surface area (Å²) in [4.78, 5) is 11.5. The van der Waals surface area contributed by atoms with Crippen LogP contribution in [-0.2, 0) is 14.3 Å². The van der Waals surface area contributed by atoms with E-state index < -0.39 is 0 Å². The fraction of sp³-hybridized carbons (Fsp3) is 0.917. The second-order valence-corrected chi connectivity index (χ2v) is 4.67. The molecule has 94 valence electrons. The maximum Gasteiger partial charge on any atom is 0.246 e. The quantitative estimate of drug-likeness (QED) is 0.774. The molecular formula is C12H23NO3. The van der Waals surface area contributed by atoms with Crippen molar-refractivity contribution >= 4 is 5.91 Å². The molecule has 1 fully saturated rings. The van der Waals surface area contributed by atoms with E-state index in [1.807, 2.05) is 13.8 Å². The molecule has 0 aromatic rings. The molecule has 1 N–H and O–H groups in total. The van der Waals surface area contributed by atoms with Crippen molar-refractivity contribution in [3.63, 3.8) is 0 Å². The van der Waals surface area contributed by atoms with E-state index in [1.54, 1.807) is 0 Å². The van der Waals surface area contributed by atoms with Crippen LogP contribution in [-0.4, -0.2) is 37.9 Å². The van der Waals surface area contributed by atoms with Gasteiger partial charge >= 0.3 is 0 Å². The molecule has 1 amide bonds. The van der Waals surface area contributed by atoms with Gasteiger partial charge in [0.25, 0.3) is 0 Å². The van der Waals surface area contributed by atoms with E-state index in [4.69, 9.17) is 9.47 Å². The van der Waals surface area contributed by atoms with Gasteiger partial charge in [-0.1, -0.05) is 0 Å². The van der Waals surface area contributed by atoms with Gasteiger partial charge in [-0.3, -0.25) is 4.79 Å². The molecule has 1 aliphatic heterocycles. The van der Waals surface area contributed by atoms with E-state index in [1.165, 1.54) is 0 Å². The maximum absolute atomic E-state index is 11.5. The van der Waals surface area contributed by atoms with Gasteiger partial charge in [-0.15, -0.1) is 0 Å². The molecule has 0 radical (unpaired) electrons. The predicted octanol–water partition coefficient (Wildman–Crippen LogP) is 1.34. The fourth-order valence-corrected chi connectivity index (χ4v) is 1.87. The Labute approximate surface area is 97.7 Å². The van der Waals surface area contributed by atoms with Gasteiger partial charge < -0.3 is 14.8 Å². The van der Waals surface area contributed by atoms with Crippen LogP contribution >= 0.6 is 0 Å². The Kier molecular flexibility index (Phi) is 5.77. The van der Waals surface area contributed by atoms with Crippen LogP contribution in [0.3, 0.4) is 0 Å². The van der Waals surface area contributed by atoms with Crippen molar-refractivity contribution < 1.29 is 14.3 Å². The Morgan fingerprint density at radius 2 is 2.00 bits per heavy atom. The fourth-order valence-electron chi connectivity index (χ4n) is 1.87. The molecule has 1 heterocycles. The number of ether oxygens (including phenoxy) is 2. The van der Waals surface area contributed by atoms with Crippen LogP contribution in [0, 0.1) is 5.92 Å². The van der Waals surface area contributed by atoms with Crippen LogP contribution in [0.4, 0.5) is 0 Å². The molecule has 0 spiro atoms. The summed E-state index contributed by atoms with van der Waals surface area (Å²) in [6, 6.07) is 0.215. The Morgan fingerprint density at radius 3 is 2.56 bits per heavy atom. The molecular weight excluding hydrogens is 206 g/mol. The molecule has 1 atom stereocenters.